The molecule has 0 aromatic carbocycles. The minimum atomic E-state index is -0.158. The summed E-state index contributed by atoms with van der Waals surface area (Å²) < 4.78 is 0. The number of carbonyl (C=O) groups excluding carboxylic acids is 1. The predicted octanol–water partition coefficient (Wildman–Crippen LogP) is 2.81. The fourth-order valence-electron chi connectivity index (χ4n) is 2.10. The Morgan fingerprint density at radius 2 is 1.67 bits per heavy atom. The van der Waals surface area contributed by atoms with Gasteiger partial charge in [0.1, 0.15) is 0 Å². The summed E-state index contributed by atoms with van der Waals surface area (Å²) in [5.41, 5.74) is -0.150. The topological polar surface area (TPSA) is 41.1 Å². The van der Waals surface area contributed by atoms with Gasteiger partial charge in [0, 0.05) is 11.1 Å². The van der Waals surface area contributed by atoms with Crippen LogP contribution in [0.1, 0.15) is 59.8 Å². The highest BCUT2D eigenvalue weighted by atomic mass is 16.2. The Kier molecular flexibility index (Phi) is 3.63. The maximum atomic E-state index is 11.7. The van der Waals surface area contributed by atoms with Crippen molar-refractivity contribution < 1.29 is 4.79 Å². The van der Waals surface area contributed by atoms with Crippen molar-refractivity contribution in [2.45, 2.75) is 70.9 Å². The molecule has 0 bridgehead atoms. The molecule has 0 spiro atoms. The monoisotopic (exact) mass is 212 g/mol. The standard InChI is InChI=1S/C12H24N2O/c1-11(2,3)13-10(15)14-12(4)8-6-5-7-9-12/h5-9H2,1-4H3,(H2,13,14,15). The molecule has 15 heavy (non-hydrogen) atoms. The number of rotatable bonds is 1. The van der Waals surface area contributed by atoms with Crippen LogP contribution in [-0.4, -0.2) is 17.1 Å². The Balaban J connectivity index is 2.42. The van der Waals surface area contributed by atoms with Crippen molar-refractivity contribution in [3.8, 4) is 0 Å². The van der Waals surface area contributed by atoms with Crippen LogP contribution in [-0.2, 0) is 0 Å². The summed E-state index contributed by atoms with van der Waals surface area (Å²) in [6.07, 6.45) is 5.96. The van der Waals surface area contributed by atoms with Crippen molar-refractivity contribution in [2.75, 3.05) is 0 Å². The average molecular weight is 212 g/mol. The highest BCUT2D eigenvalue weighted by Crippen LogP contribution is 2.27. The summed E-state index contributed by atoms with van der Waals surface area (Å²) in [7, 11) is 0. The minimum Gasteiger partial charge on any atom is -0.334 e. The SMILES string of the molecule is CC(C)(C)NC(=O)NC1(C)CCCCC1. The normalized spacial score (nSPS) is 20.8. The van der Waals surface area contributed by atoms with Crippen LogP contribution in [0.25, 0.3) is 0 Å². The third-order valence-electron chi connectivity index (χ3n) is 2.86. The van der Waals surface area contributed by atoms with Crippen molar-refractivity contribution in [3.63, 3.8) is 0 Å². The summed E-state index contributed by atoms with van der Waals surface area (Å²) >= 11 is 0. The van der Waals surface area contributed by atoms with Gasteiger partial charge in [-0.05, 0) is 40.5 Å². The zero-order valence-corrected chi connectivity index (χ0v) is 10.4. The number of carbonyl (C=O) groups is 1. The van der Waals surface area contributed by atoms with E-state index in [0.29, 0.717) is 0 Å². The molecule has 3 nitrogen and oxygen atoms in total. The molecule has 2 N–H and O–H groups in total. The summed E-state index contributed by atoms with van der Waals surface area (Å²) in [5.74, 6) is 0. The Morgan fingerprint density at radius 1 is 1.13 bits per heavy atom. The van der Waals surface area contributed by atoms with E-state index in [-0.39, 0.29) is 17.1 Å². The first kappa shape index (κ1) is 12.3. The van der Waals surface area contributed by atoms with Crippen molar-refractivity contribution >= 4 is 6.03 Å². The van der Waals surface area contributed by atoms with E-state index in [1.807, 2.05) is 20.8 Å². The maximum Gasteiger partial charge on any atom is 0.315 e. The van der Waals surface area contributed by atoms with Gasteiger partial charge in [0.25, 0.3) is 0 Å². The second-order valence-electron chi connectivity index (χ2n) is 5.95. The lowest BCUT2D eigenvalue weighted by molar-refractivity contribution is 0.203. The fraction of sp³-hybridized carbons (Fsp3) is 0.917. The van der Waals surface area contributed by atoms with E-state index in [2.05, 4.69) is 17.6 Å². The first-order valence-corrected chi connectivity index (χ1v) is 5.91. The molecule has 1 aliphatic carbocycles. The molecule has 88 valence electrons. The van der Waals surface area contributed by atoms with Gasteiger partial charge in [-0.15, -0.1) is 0 Å². The molecule has 1 fully saturated rings. The Morgan fingerprint density at radius 3 is 2.13 bits per heavy atom. The van der Waals surface area contributed by atoms with E-state index in [0.717, 1.165) is 12.8 Å². The van der Waals surface area contributed by atoms with Gasteiger partial charge in [-0.1, -0.05) is 19.3 Å². The lowest BCUT2D eigenvalue weighted by Gasteiger charge is -2.35. The molecule has 0 heterocycles. The molecule has 2 amide bonds. The van der Waals surface area contributed by atoms with Crippen LogP contribution < -0.4 is 10.6 Å². The zero-order chi connectivity index (χ0) is 11.5. The van der Waals surface area contributed by atoms with E-state index >= 15 is 0 Å². The van der Waals surface area contributed by atoms with Gasteiger partial charge in [0.05, 0.1) is 0 Å². The quantitative estimate of drug-likeness (QED) is 0.689. The number of nitrogens with one attached hydrogen (secondary N) is 2. The first-order chi connectivity index (χ1) is 6.81. The number of hydrogen-bond donors (Lipinski definition) is 2. The van der Waals surface area contributed by atoms with Gasteiger partial charge in [0.15, 0.2) is 0 Å². The van der Waals surface area contributed by atoms with Crippen LogP contribution in [0.4, 0.5) is 4.79 Å². The molecule has 0 aromatic heterocycles. The molecule has 0 unspecified atom stereocenters. The Bertz CT molecular complexity index is 224. The molecular formula is C12H24N2O. The molecule has 0 atom stereocenters. The number of urea groups is 1. The number of amides is 2. The van der Waals surface area contributed by atoms with E-state index in [1.165, 1.54) is 19.3 Å². The third-order valence-corrected chi connectivity index (χ3v) is 2.86. The van der Waals surface area contributed by atoms with Crippen LogP contribution in [0.15, 0.2) is 0 Å². The Labute approximate surface area is 93.0 Å². The highest BCUT2D eigenvalue weighted by Gasteiger charge is 2.29. The van der Waals surface area contributed by atoms with Crippen LogP contribution >= 0.6 is 0 Å². The summed E-state index contributed by atoms with van der Waals surface area (Å²) in [6, 6.07) is -0.0353. The fourth-order valence-corrected chi connectivity index (χ4v) is 2.10. The van der Waals surface area contributed by atoms with Crippen molar-refractivity contribution in [1.82, 2.24) is 10.6 Å². The Hall–Kier alpha value is -0.730. The van der Waals surface area contributed by atoms with E-state index in [9.17, 15) is 4.79 Å². The lowest BCUT2D eigenvalue weighted by atomic mass is 9.83. The average Bonchev–Trinajstić information content (AvgIpc) is 1.99. The molecule has 1 aliphatic rings. The van der Waals surface area contributed by atoms with Gasteiger partial charge in [-0.25, -0.2) is 4.79 Å². The summed E-state index contributed by atoms with van der Waals surface area (Å²) in [6.45, 7) is 8.13. The van der Waals surface area contributed by atoms with Gasteiger partial charge >= 0.3 is 6.03 Å². The van der Waals surface area contributed by atoms with Gasteiger partial charge in [0.2, 0.25) is 0 Å². The number of hydrogen-bond acceptors (Lipinski definition) is 1. The molecule has 0 radical (unpaired) electrons. The van der Waals surface area contributed by atoms with Gasteiger partial charge in [-0.2, -0.15) is 0 Å². The van der Waals surface area contributed by atoms with Crippen molar-refractivity contribution in [1.29, 1.82) is 0 Å². The molecular weight excluding hydrogens is 188 g/mol. The third kappa shape index (κ3) is 4.54. The molecule has 0 saturated heterocycles. The largest absolute Gasteiger partial charge is 0.334 e. The minimum absolute atomic E-state index is 0.00752. The molecule has 0 aliphatic heterocycles. The van der Waals surface area contributed by atoms with Crippen LogP contribution in [0, 0.1) is 0 Å². The van der Waals surface area contributed by atoms with E-state index in [1.54, 1.807) is 0 Å². The predicted molar refractivity (Wildman–Crippen MR) is 62.9 cm³/mol. The van der Waals surface area contributed by atoms with Gasteiger partial charge in [-0.3, -0.25) is 0 Å². The molecule has 0 aromatic rings. The van der Waals surface area contributed by atoms with Crippen LogP contribution in [0.5, 0.6) is 0 Å². The van der Waals surface area contributed by atoms with Gasteiger partial charge < -0.3 is 10.6 Å². The molecule has 3 heteroatoms. The zero-order valence-electron chi connectivity index (χ0n) is 10.4. The second-order valence-corrected chi connectivity index (χ2v) is 5.95. The van der Waals surface area contributed by atoms with E-state index < -0.39 is 0 Å². The molecule has 1 saturated carbocycles. The highest BCUT2D eigenvalue weighted by molar-refractivity contribution is 5.75. The molecule has 1 rings (SSSR count). The van der Waals surface area contributed by atoms with Crippen LogP contribution in [0.3, 0.4) is 0 Å². The lowest BCUT2D eigenvalue weighted by Crippen LogP contribution is -2.55. The van der Waals surface area contributed by atoms with Crippen molar-refractivity contribution in [3.05, 3.63) is 0 Å². The summed E-state index contributed by atoms with van der Waals surface area (Å²) in [4.78, 5) is 11.7. The van der Waals surface area contributed by atoms with Crippen molar-refractivity contribution in [2.24, 2.45) is 0 Å². The second kappa shape index (κ2) is 4.42. The smallest absolute Gasteiger partial charge is 0.315 e. The van der Waals surface area contributed by atoms with E-state index in [4.69, 9.17) is 0 Å². The first-order valence-electron chi connectivity index (χ1n) is 5.91. The van der Waals surface area contributed by atoms with Crippen LogP contribution in [0.2, 0.25) is 0 Å². The summed E-state index contributed by atoms with van der Waals surface area (Å²) in [5, 5.41) is 6.04. The maximum absolute atomic E-state index is 11.7.